The van der Waals surface area contributed by atoms with Gasteiger partial charge in [-0.05, 0) is 69.0 Å². The van der Waals surface area contributed by atoms with E-state index in [0.29, 0.717) is 52.8 Å². The summed E-state index contributed by atoms with van der Waals surface area (Å²) in [7, 11) is 0. The first-order chi connectivity index (χ1) is 19.1. The lowest BCUT2D eigenvalue weighted by molar-refractivity contribution is -0.138. The van der Waals surface area contributed by atoms with Crippen LogP contribution in [0, 0.1) is 25.6 Å². The third-order valence-corrected chi connectivity index (χ3v) is 7.30. The Kier molecular flexibility index (Phi) is 9.30. The average molecular weight is 610 g/mol. The number of hydrogen-bond donors (Lipinski definition) is 1. The summed E-state index contributed by atoms with van der Waals surface area (Å²) in [4.78, 5) is 29.0. The van der Waals surface area contributed by atoms with E-state index in [1.54, 1.807) is 38.1 Å². The molecular weight excluding hydrogens is 575 g/mol. The van der Waals surface area contributed by atoms with Crippen LogP contribution in [-0.4, -0.2) is 30.1 Å². The fraction of sp³-hybridized carbons (Fsp3) is 0.312. The van der Waals surface area contributed by atoms with Crippen LogP contribution in [-0.2, 0) is 9.53 Å². The Balaban J connectivity index is 1.97. The number of nitrogens with one attached hydrogen (secondary N) is 1. The lowest BCUT2D eigenvalue weighted by atomic mass is 9.89. The van der Waals surface area contributed by atoms with Crippen LogP contribution in [0.4, 0.5) is 9.18 Å². The molecule has 40 heavy (non-hydrogen) atoms. The summed E-state index contributed by atoms with van der Waals surface area (Å²) >= 11 is 3.51. The first-order valence-corrected chi connectivity index (χ1v) is 14.2. The number of aryl methyl sites for hydroxylation is 1. The van der Waals surface area contributed by atoms with Crippen molar-refractivity contribution in [2.24, 2.45) is 5.92 Å². The average Bonchev–Trinajstić information content (AvgIpc) is 2.90. The molecule has 0 aliphatic carbocycles. The first kappa shape index (κ1) is 29.3. The maximum Gasteiger partial charge on any atom is 0.338 e. The summed E-state index contributed by atoms with van der Waals surface area (Å²) in [5, 5.41) is 3.02. The van der Waals surface area contributed by atoms with Crippen molar-refractivity contribution in [2.45, 2.75) is 47.1 Å². The standard InChI is InChI=1S/C32H34BrFN2O4/c1-6-39-31(37)28-29(25-15-12-22(33)18-27(25)40-23-13-10-20(4)11-14-23)35-32(38)36(17-16-19(2)3)30(28)24-8-7-9-26(34)21(24)5/h7-15,18-19,29H,6,16-17H2,1-5H3,(H,35,38). The quantitative estimate of drug-likeness (QED) is 0.249. The van der Waals surface area contributed by atoms with Crippen LogP contribution in [0.25, 0.3) is 5.70 Å². The molecule has 1 aliphatic rings. The number of urea groups is 1. The molecule has 0 aromatic heterocycles. The zero-order valence-corrected chi connectivity index (χ0v) is 25.0. The third kappa shape index (κ3) is 6.39. The molecule has 4 rings (SSSR count). The number of amides is 2. The maximum atomic E-state index is 14.9. The van der Waals surface area contributed by atoms with Crippen molar-refractivity contribution in [3.63, 3.8) is 0 Å². The summed E-state index contributed by atoms with van der Waals surface area (Å²) < 4.78 is 27.5. The van der Waals surface area contributed by atoms with Crippen molar-refractivity contribution in [3.05, 3.63) is 98.8 Å². The molecule has 210 valence electrons. The van der Waals surface area contributed by atoms with E-state index in [1.165, 1.54) is 11.0 Å². The molecule has 2 amide bonds. The largest absolute Gasteiger partial charge is 0.463 e. The molecule has 0 bridgehead atoms. The van der Waals surface area contributed by atoms with E-state index in [0.717, 1.165) is 10.0 Å². The molecule has 3 aromatic carbocycles. The second-order valence-corrected chi connectivity index (χ2v) is 11.1. The molecule has 0 spiro atoms. The van der Waals surface area contributed by atoms with Gasteiger partial charge in [0.1, 0.15) is 17.3 Å². The van der Waals surface area contributed by atoms with E-state index in [4.69, 9.17) is 9.47 Å². The van der Waals surface area contributed by atoms with Gasteiger partial charge in [-0.25, -0.2) is 14.0 Å². The number of benzene rings is 3. The second kappa shape index (κ2) is 12.7. The molecule has 1 heterocycles. The van der Waals surface area contributed by atoms with Crippen LogP contribution in [0.5, 0.6) is 11.5 Å². The monoisotopic (exact) mass is 608 g/mol. The molecule has 1 N–H and O–H groups in total. The number of nitrogens with zero attached hydrogens (tertiary/aromatic N) is 1. The minimum Gasteiger partial charge on any atom is -0.463 e. The van der Waals surface area contributed by atoms with E-state index < -0.39 is 17.8 Å². The van der Waals surface area contributed by atoms with E-state index in [2.05, 4.69) is 35.1 Å². The zero-order valence-electron chi connectivity index (χ0n) is 23.4. The fourth-order valence-corrected chi connectivity index (χ4v) is 4.98. The fourth-order valence-electron chi connectivity index (χ4n) is 4.64. The smallest absolute Gasteiger partial charge is 0.338 e. The van der Waals surface area contributed by atoms with Gasteiger partial charge in [-0.3, -0.25) is 4.90 Å². The molecule has 8 heteroatoms. The Morgan fingerprint density at radius 1 is 1.10 bits per heavy atom. The van der Waals surface area contributed by atoms with E-state index in [9.17, 15) is 14.0 Å². The molecule has 6 nitrogen and oxygen atoms in total. The van der Waals surface area contributed by atoms with Crippen LogP contribution >= 0.6 is 15.9 Å². The van der Waals surface area contributed by atoms with Crippen LogP contribution in [0.2, 0.25) is 0 Å². The van der Waals surface area contributed by atoms with Gasteiger partial charge in [0.25, 0.3) is 0 Å². The summed E-state index contributed by atoms with van der Waals surface area (Å²) in [6, 6.07) is 16.4. The van der Waals surface area contributed by atoms with E-state index >= 15 is 0 Å². The Morgan fingerprint density at radius 2 is 1.82 bits per heavy atom. The first-order valence-electron chi connectivity index (χ1n) is 13.4. The highest BCUT2D eigenvalue weighted by Crippen LogP contribution is 2.42. The number of carbonyl (C=O) groups excluding carboxylic acids is 2. The zero-order chi connectivity index (χ0) is 29.0. The summed E-state index contributed by atoms with van der Waals surface area (Å²) in [6.45, 7) is 9.96. The van der Waals surface area contributed by atoms with Crippen LogP contribution in [0.15, 0.2) is 70.7 Å². The molecule has 0 saturated carbocycles. The number of rotatable bonds is 9. The summed E-state index contributed by atoms with van der Waals surface area (Å²) in [5.74, 6) is 0.341. The van der Waals surface area contributed by atoms with Crippen molar-refractivity contribution in [1.29, 1.82) is 0 Å². The highest BCUT2D eigenvalue weighted by molar-refractivity contribution is 9.10. The molecular formula is C32H34BrFN2O4. The molecule has 0 saturated heterocycles. The van der Waals surface area contributed by atoms with E-state index in [-0.39, 0.29) is 18.2 Å². The topological polar surface area (TPSA) is 67.9 Å². The van der Waals surface area contributed by atoms with Gasteiger partial charge in [-0.15, -0.1) is 0 Å². The minimum atomic E-state index is -0.909. The highest BCUT2D eigenvalue weighted by atomic mass is 79.9. The highest BCUT2D eigenvalue weighted by Gasteiger charge is 2.40. The van der Waals surface area contributed by atoms with Crippen LogP contribution in [0.3, 0.4) is 0 Å². The predicted octanol–water partition coefficient (Wildman–Crippen LogP) is 8.08. The Morgan fingerprint density at radius 3 is 2.50 bits per heavy atom. The van der Waals surface area contributed by atoms with Gasteiger partial charge in [-0.1, -0.05) is 65.7 Å². The number of hydrogen-bond acceptors (Lipinski definition) is 4. The second-order valence-electron chi connectivity index (χ2n) is 10.2. The van der Waals surface area contributed by atoms with Gasteiger partial charge in [0, 0.05) is 22.1 Å². The van der Waals surface area contributed by atoms with Gasteiger partial charge in [-0.2, -0.15) is 0 Å². The van der Waals surface area contributed by atoms with Crippen LogP contribution in [0.1, 0.15) is 55.5 Å². The predicted molar refractivity (Wildman–Crippen MR) is 158 cm³/mol. The summed E-state index contributed by atoms with van der Waals surface area (Å²) in [5.41, 5.74) is 3.02. The Bertz CT molecular complexity index is 1440. The minimum absolute atomic E-state index is 0.136. The molecule has 1 unspecified atom stereocenters. The maximum absolute atomic E-state index is 14.9. The Labute approximate surface area is 243 Å². The molecule has 0 radical (unpaired) electrons. The lowest BCUT2D eigenvalue weighted by Gasteiger charge is -2.38. The van der Waals surface area contributed by atoms with Gasteiger partial charge in [0.05, 0.1) is 23.9 Å². The molecule has 1 aliphatic heterocycles. The lowest BCUT2D eigenvalue weighted by Crippen LogP contribution is -2.48. The molecule has 0 fully saturated rings. The van der Waals surface area contributed by atoms with E-state index in [1.807, 2.05) is 37.3 Å². The van der Waals surface area contributed by atoms with Gasteiger partial charge in [0.15, 0.2) is 0 Å². The summed E-state index contributed by atoms with van der Waals surface area (Å²) in [6.07, 6.45) is 0.687. The number of carbonyl (C=O) groups is 2. The van der Waals surface area contributed by atoms with Crippen molar-refractivity contribution in [2.75, 3.05) is 13.2 Å². The van der Waals surface area contributed by atoms with Gasteiger partial charge >= 0.3 is 12.0 Å². The van der Waals surface area contributed by atoms with Gasteiger partial charge < -0.3 is 14.8 Å². The Hall–Kier alpha value is -3.65. The number of ether oxygens (including phenoxy) is 2. The van der Waals surface area contributed by atoms with Crippen molar-refractivity contribution in [1.82, 2.24) is 10.2 Å². The van der Waals surface area contributed by atoms with Gasteiger partial charge in [0.2, 0.25) is 0 Å². The van der Waals surface area contributed by atoms with Crippen molar-refractivity contribution >= 4 is 33.6 Å². The van der Waals surface area contributed by atoms with Crippen molar-refractivity contribution < 1.29 is 23.5 Å². The number of esters is 1. The molecule has 1 atom stereocenters. The number of halogens is 2. The van der Waals surface area contributed by atoms with Crippen LogP contribution < -0.4 is 10.1 Å². The third-order valence-electron chi connectivity index (χ3n) is 6.81. The normalized spacial score (nSPS) is 15.3. The van der Waals surface area contributed by atoms with Crippen molar-refractivity contribution in [3.8, 4) is 11.5 Å². The SMILES string of the molecule is CCOC(=O)C1=C(c2cccc(F)c2C)N(CCC(C)C)C(=O)NC1c1ccc(Br)cc1Oc1ccc(C)cc1. The molecule has 3 aromatic rings.